The molecule has 1 amide bonds. The van der Waals surface area contributed by atoms with Crippen molar-refractivity contribution in [1.82, 2.24) is 0 Å². The number of amides is 1. The van der Waals surface area contributed by atoms with Crippen molar-refractivity contribution in [3.8, 4) is 0 Å². The van der Waals surface area contributed by atoms with Gasteiger partial charge in [-0.05, 0) is 29.8 Å². The minimum absolute atomic E-state index is 0.0971. The summed E-state index contributed by atoms with van der Waals surface area (Å²) in [5.41, 5.74) is 1.57. The van der Waals surface area contributed by atoms with Gasteiger partial charge < -0.3 is 15.3 Å². The maximum absolute atomic E-state index is 12.0. The van der Waals surface area contributed by atoms with Gasteiger partial charge in [0, 0.05) is 10.7 Å². The molecule has 3 N–H and O–H groups in total. The van der Waals surface area contributed by atoms with Crippen LogP contribution in [0.2, 0.25) is 5.02 Å². The second kappa shape index (κ2) is 7.94. The first-order valence-electron chi connectivity index (χ1n) is 7.14. The molecule has 2 aromatic carbocycles. The summed E-state index contributed by atoms with van der Waals surface area (Å²) in [5, 5.41) is 13.6. The van der Waals surface area contributed by atoms with Crippen molar-refractivity contribution in [3.63, 3.8) is 0 Å². The third-order valence-electron chi connectivity index (χ3n) is 3.32. The van der Waals surface area contributed by atoms with Crippen LogP contribution in [0.1, 0.15) is 11.7 Å². The normalized spacial score (nSPS) is 13.4. The van der Waals surface area contributed by atoms with Crippen LogP contribution in [-0.2, 0) is 4.79 Å². The number of nitrogens with one attached hydrogen (secondary N) is 2. The molecule has 0 saturated carbocycles. The van der Waals surface area contributed by atoms with Gasteiger partial charge in [-0.2, -0.15) is 0 Å². The van der Waals surface area contributed by atoms with Crippen molar-refractivity contribution in [3.05, 3.63) is 65.2 Å². The molecule has 2 rings (SSSR count). The van der Waals surface area contributed by atoms with Crippen LogP contribution in [0.15, 0.2) is 54.6 Å². The number of anilines is 1. The second-order valence-corrected chi connectivity index (χ2v) is 5.76. The Kier molecular flexibility index (Phi) is 5.95. The SMILES string of the molecule is C[NH+](CC(=O)Nc1ccc(Cl)cc1)C[C@H](O)c1ccccc1. The molecule has 5 heteroatoms. The maximum atomic E-state index is 12.0. The third kappa shape index (κ3) is 5.15. The van der Waals surface area contributed by atoms with Crippen LogP contribution in [0, 0.1) is 0 Å². The molecule has 4 nitrogen and oxygen atoms in total. The lowest BCUT2D eigenvalue weighted by Crippen LogP contribution is -3.10. The van der Waals surface area contributed by atoms with Gasteiger partial charge in [-0.15, -0.1) is 0 Å². The standard InChI is InChI=1S/C17H19ClN2O2/c1-20(11-16(21)13-5-3-2-4-6-13)12-17(22)19-15-9-7-14(18)8-10-15/h2-10,16,21H,11-12H2,1H3,(H,19,22)/p+1/t16-/m0/s1. The molecule has 0 bridgehead atoms. The summed E-state index contributed by atoms with van der Waals surface area (Å²) in [6, 6.07) is 16.4. The molecule has 22 heavy (non-hydrogen) atoms. The molecule has 0 aliphatic heterocycles. The fraction of sp³-hybridized carbons (Fsp3) is 0.235. The van der Waals surface area contributed by atoms with Crippen LogP contribution < -0.4 is 10.2 Å². The zero-order valence-corrected chi connectivity index (χ0v) is 13.2. The number of rotatable bonds is 6. The molecule has 116 valence electrons. The highest BCUT2D eigenvalue weighted by Gasteiger charge is 2.16. The van der Waals surface area contributed by atoms with E-state index in [4.69, 9.17) is 11.6 Å². The molecule has 0 aromatic heterocycles. The monoisotopic (exact) mass is 319 g/mol. The molecule has 2 atom stereocenters. The van der Waals surface area contributed by atoms with Crippen molar-refractivity contribution in [2.75, 3.05) is 25.5 Å². The van der Waals surface area contributed by atoms with Crippen LogP contribution in [-0.4, -0.2) is 31.2 Å². The summed E-state index contributed by atoms with van der Waals surface area (Å²) in [4.78, 5) is 12.9. The number of quaternary nitrogens is 1. The lowest BCUT2D eigenvalue weighted by Gasteiger charge is -2.18. The van der Waals surface area contributed by atoms with E-state index in [0.717, 1.165) is 10.5 Å². The van der Waals surface area contributed by atoms with E-state index in [2.05, 4.69) is 5.32 Å². The molecule has 1 unspecified atom stereocenters. The molecule has 0 saturated heterocycles. The van der Waals surface area contributed by atoms with Crippen molar-refractivity contribution < 1.29 is 14.8 Å². The lowest BCUT2D eigenvalue weighted by molar-refractivity contribution is -0.875. The first-order chi connectivity index (χ1) is 10.5. The molecule has 0 heterocycles. The number of hydrogen-bond donors (Lipinski definition) is 3. The minimum Gasteiger partial charge on any atom is -0.382 e. The van der Waals surface area contributed by atoms with E-state index >= 15 is 0 Å². The van der Waals surface area contributed by atoms with Crippen LogP contribution in [0.25, 0.3) is 0 Å². The first-order valence-corrected chi connectivity index (χ1v) is 7.52. The zero-order chi connectivity index (χ0) is 15.9. The number of aliphatic hydroxyl groups is 1. The van der Waals surface area contributed by atoms with Crippen molar-refractivity contribution in [2.45, 2.75) is 6.10 Å². The van der Waals surface area contributed by atoms with Gasteiger partial charge in [-0.3, -0.25) is 4.79 Å². The van der Waals surface area contributed by atoms with Gasteiger partial charge in [0.1, 0.15) is 12.6 Å². The molecular weight excluding hydrogens is 300 g/mol. The highest BCUT2D eigenvalue weighted by atomic mass is 35.5. The molecule has 0 aliphatic rings. The third-order valence-corrected chi connectivity index (χ3v) is 3.57. The molecule has 0 spiro atoms. The maximum Gasteiger partial charge on any atom is 0.279 e. The van der Waals surface area contributed by atoms with E-state index in [1.807, 2.05) is 37.4 Å². The van der Waals surface area contributed by atoms with E-state index in [0.29, 0.717) is 17.3 Å². The van der Waals surface area contributed by atoms with E-state index in [-0.39, 0.29) is 12.5 Å². The number of likely N-dealkylation sites (N-methyl/N-ethyl adjacent to an activating group) is 1. The van der Waals surface area contributed by atoms with Gasteiger partial charge in [0.15, 0.2) is 6.54 Å². The van der Waals surface area contributed by atoms with Gasteiger partial charge in [0.05, 0.1) is 7.05 Å². The molecular formula is C17H20ClN2O2+. The summed E-state index contributed by atoms with van der Waals surface area (Å²) < 4.78 is 0. The fourth-order valence-corrected chi connectivity index (χ4v) is 2.33. The number of hydrogen-bond acceptors (Lipinski definition) is 2. The molecule has 2 aromatic rings. The fourth-order valence-electron chi connectivity index (χ4n) is 2.21. The summed E-state index contributed by atoms with van der Waals surface area (Å²) in [7, 11) is 1.88. The largest absolute Gasteiger partial charge is 0.382 e. The average molecular weight is 320 g/mol. The first kappa shape index (κ1) is 16.5. The van der Waals surface area contributed by atoms with Crippen molar-refractivity contribution >= 4 is 23.2 Å². The zero-order valence-electron chi connectivity index (χ0n) is 12.4. The number of halogens is 1. The van der Waals surface area contributed by atoms with E-state index in [1.54, 1.807) is 24.3 Å². The van der Waals surface area contributed by atoms with Gasteiger partial charge in [-0.1, -0.05) is 41.9 Å². The van der Waals surface area contributed by atoms with Crippen molar-refractivity contribution in [2.24, 2.45) is 0 Å². The summed E-state index contributed by atoms with van der Waals surface area (Å²) in [6.45, 7) is 0.755. The topological polar surface area (TPSA) is 53.8 Å². The van der Waals surface area contributed by atoms with Gasteiger partial charge >= 0.3 is 0 Å². The second-order valence-electron chi connectivity index (χ2n) is 5.32. The predicted molar refractivity (Wildman–Crippen MR) is 88.1 cm³/mol. The smallest absolute Gasteiger partial charge is 0.279 e. The van der Waals surface area contributed by atoms with Gasteiger partial charge in [-0.25, -0.2) is 0 Å². The van der Waals surface area contributed by atoms with Gasteiger partial charge in [0.2, 0.25) is 0 Å². The van der Waals surface area contributed by atoms with E-state index in [1.165, 1.54) is 0 Å². The van der Waals surface area contributed by atoms with Crippen LogP contribution in [0.5, 0.6) is 0 Å². The Hall–Kier alpha value is -1.88. The molecule has 0 radical (unpaired) electrons. The Morgan fingerprint density at radius 2 is 1.82 bits per heavy atom. The van der Waals surface area contributed by atoms with E-state index in [9.17, 15) is 9.90 Å². The van der Waals surface area contributed by atoms with E-state index < -0.39 is 6.10 Å². The van der Waals surface area contributed by atoms with Crippen LogP contribution in [0.4, 0.5) is 5.69 Å². The quantitative estimate of drug-likeness (QED) is 0.756. The summed E-state index contributed by atoms with van der Waals surface area (Å²) in [6.07, 6.45) is -0.579. The highest BCUT2D eigenvalue weighted by Crippen LogP contribution is 2.13. The molecule has 0 aliphatic carbocycles. The Labute approximate surface area is 135 Å². The number of benzene rings is 2. The van der Waals surface area contributed by atoms with Gasteiger partial charge in [0.25, 0.3) is 5.91 Å². The average Bonchev–Trinajstić information content (AvgIpc) is 2.50. The molecule has 0 fully saturated rings. The Balaban J connectivity index is 1.82. The number of carbonyl (C=O) groups excluding carboxylic acids is 1. The van der Waals surface area contributed by atoms with Crippen molar-refractivity contribution in [1.29, 1.82) is 0 Å². The summed E-state index contributed by atoms with van der Waals surface area (Å²) >= 11 is 5.80. The Bertz CT molecular complexity index is 602. The summed E-state index contributed by atoms with van der Waals surface area (Å²) in [5.74, 6) is -0.0971. The minimum atomic E-state index is -0.579. The van der Waals surface area contributed by atoms with Crippen LogP contribution >= 0.6 is 11.6 Å². The highest BCUT2D eigenvalue weighted by molar-refractivity contribution is 6.30. The Morgan fingerprint density at radius 1 is 1.18 bits per heavy atom. The lowest BCUT2D eigenvalue weighted by atomic mass is 10.1. The number of carbonyl (C=O) groups is 1. The van der Waals surface area contributed by atoms with Crippen LogP contribution in [0.3, 0.4) is 0 Å². The Morgan fingerprint density at radius 3 is 2.45 bits per heavy atom. The number of aliphatic hydroxyl groups excluding tert-OH is 1. The predicted octanol–water partition coefficient (Wildman–Crippen LogP) is 1.53.